The number of benzene rings is 9. The van der Waals surface area contributed by atoms with E-state index < -0.39 is 90.6 Å². The van der Waals surface area contributed by atoms with Gasteiger partial charge in [-0.3, -0.25) is 4.57 Å². The van der Waals surface area contributed by atoms with E-state index in [4.69, 9.17) is 24.8 Å². The van der Waals surface area contributed by atoms with E-state index in [9.17, 15) is 5.48 Å². The molecule has 0 bridgehead atoms. The zero-order chi connectivity index (χ0) is 62.9. The SMILES string of the molecule is [2H]c1c([2H])c([2H])c(-c2ccc3c(c2)n(-c2[c-]c(Oc4[c-]c5c(cc4)c4cc(-c6ccc(C(C)(C)C)cc6)ccc4n5-c4cc(C(C)(C)C)ccn4)ccc2)[c-][n+]3-c2c(-c3c([2H])c([2H])c([2H])c([2H])c3[2H])cccc2-c2c([2H])c([2H])c([2H])c([2H])c2[2H])c([2H])c1[2H].[Pt]. The Morgan fingerprint density at radius 2 is 1.11 bits per heavy atom. The van der Waals surface area contributed by atoms with Gasteiger partial charge in [-0.05, 0) is 102 Å². The number of para-hydroxylation sites is 1. The van der Waals surface area contributed by atoms with Gasteiger partial charge in [0.1, 0.15) is 5.82 Å². The quantitative estimate of drug-likeness (QED) is 0.107. The number of nitrogens with zero attached hydrogens (tertiary/aromatic N) is 4. The predicted octanol–water partition coefficient (Wildman–Crippen LogP) is 16.9. The van der Waals surface area contributed by atoms with Crippen LogP contribution in [0.5, 0.6) is 11.5 Å². The molecular weight excluding hydrogens is 1080 g/mol. The molecule has 0 saturated carbocycles. The zero-order valence-corrected chi connectivity index (χ0v) is 43.4. The van der Waals surface area contributed by atoms with Gasteiger partial charge in [0.05, 0.1) is 37.3 Å². The number of ether oxygens (including phenoxy) is 1. The van der Waals surface area contributed by atoms with Crippen molar-refractivity contribution in [2.75, 3.05) is 0 Å². The van der Waals surface area contributed by atoms with Crippen molar-refractivity contribution in [1.82, 2.24) is 14.1 Å². The maximum atomic E-state index is 9.18. The smallest absolute Gasteiger partial charge is 0.268 e. The van der Waals surface area contributed by atoms with Gasteiger partial charge in [0, 0.05) is 44.3 Å². The molecule has 6 heteroatoms. The minimum Gasteiger partial charge on any atom is -0.510 e. The van der Waals surface area contributed by atoms with Crippen LogP contribution in [0.2, 0.25) is 0 Å². The maximum absolute atomic E-state index is 9.18. The molecule has 9 aromatic carbocycles. The molecule has 0 saturated heterocycles. The number of fused-ring (bicyclic) bond motifs is 4. The number of hydrogen-bond donors (Lipinski definition) is 0. The van der Waals surface area contributed by atoms with E-state index in [0.717, 1.165) is 33.0 Å². The summed E-state index contributed by atoms with van der Waals surface area (Å²) in [5.74, 6) is 1.23. The van der Waals surface area contributed by atoms with Crippen molar-refractivity contribution in [1.29, 1.82) is 0 Å². The molecule has 0 spiro atoms. The van der Waals surface area contributed by atoms with Crippen LogP contribution in [0.3, 0.4) is 0 Å². The summed E-state index contributed by atoms with van der Waals surface area (Å²) < 4.78 is 144. The summed E-state index contributed by atoms with van der Waals surface area (Å²) in [7, 11) is 0. The summed E-state index contributed by atoms with van der Waals surface area (Å²) in [6.07, 6.45) is 5.17. The maximum Gasteiger partial charge on any atom is 0.268 e. The monoisotopic (exact) mass is 1150 g/mol. The largest absolute Gasteiger partial charge is 0.510 e. The molecular formula is C68H54N4OPt-2. The third-order valence-electron chi connectivity index (χ3n) is 13.0. The van der Waals surface area contributed by atoms with Crippen LogP contribution in [0.15, 0.2) is 218 Å². The van der Waals surface area contributed by atoms with Gasteiger partial charge in [0.15, 0.2) is 0 Å². The Bertz CT molecular complexity index is 4760. The summed E-state index contributed by atoms with van der Waals surface area (Å²) in [5.41, 5.74) is 6.23. The Morgan fingerprint density at radius 3 is 1.77 bits per heavy atom. The summed E-state index contributed by atoms with van der Waals surface area (Å²) in [4.78, 5) is 4.90. The van der Waals surface area contributed by atoms with E-state index in [0.29, 0.717) is 17.1 Å². The average molecular weight is 1150 g/mol. The van der Waals surface area contributed by atoms with E-state index >= 15 is 0 Å². The Morgan fingerprint density at radius 1 is 0.514 bits per heavy atom. The molecule has 0 fully saturated rings. The number of aromatic nitrogens is 4. The molecule has 0 aliphatic heterocycles. The first kappa shape index (κ1) is 33.6. The third kappa shape index (κ3) is 9.07. The Kier molecular flexibility index (Phi) is 8.80. The van der Waals surface area contributed by atoms with Crippen LogP contribution < -0.4 is 9.30 Å². The van der Waals surface area contributed by atoms with Crippen molar-refractivity contribution in [3.05, 3.63) is 248 Å². The van der Waals surface area contributed by atoms with Gasteiger partial charge in [-0.15, -0.1) is 29.7 Å². The molecule has 0 aliphatic carbocycles. The second-order valence-corrected chi connectivity index (χ2v) is 19.8. The summed E-state index contributed by atoms with van der Waals surface area (Å²) >= 11 is 0. The molecule has 12 aromatic rings. The topological polar surface area (TPSA) is 35.9 Å². The fraction of sp³-hybridized carbons (Fsp3) is 0.118. The molecule has 74 heavy (non-hydrogen) atoms. The fourth-order valence-corrected chi connectivity index (χ4v) is 9.28. The van der Waals surface area contributed by atoms with Crippen LogP contribution in [0.25, 0.3) is 94.5 Å². The van der Waals surface area contributed by atoms with Gasteiger partial charge in [-0.1, -0.05) is 204 Å². The van der Waals surface area contributed by atoms with Crippen molar-refractivity contribution < 1.29 is 50.9 Å². The van der Waals surface area contributed by atoms with Gasteiger partial charge in [0.2, 0.25) is 0 Å². The predicted molar refractivity (Wildman–Crippen MR) is 299 cm³/mol. The molecule has 0 atom stereocenters. The van der Waals surface area contributed by atoms with E-state index in [1.165, 1.54) is 34.4 Å². The van der Waals surface area contributed by atoms with Gasteiger partial charge in [0.25, 0.3) is 6.33 Å². The van der Waals surface area contributed by atoms with E-state index in [-0.39, 0.29) is 93.4 Å². The second-order valence-electron chi connectivity index (χ2n) is 19.8. The van der Waals surface area contributed by atoms with Gasteiger partial charge < -0.3 is 13.9 Å². The van der Waals surface area contributed by atoms with E-state index in [1.54, 1.807) is 34.9 Å². The van der Waals surface area contributed by atoms with Crippen LogP contribution in [0, 0.1) is 18.5 Å². The number of rotatable bonds is 9. The molecule has 0 unspecified atom stereocenters. The molecule has 0 radical (unpaired) electrons. The molecule has 3 aromatic heterocycles. The number of pyridine rings is 1. The van der Waals surface area contributed by atoms with Crippen LogP contribution >= 0.6 is 0 Å². The second kappa shape index (κ2) is 19.4. The standard InChI is InChI=1S/C68H54N4O.Pt/c1-67(2,3)52-32-28-47(29-33-52)50-30-36-61-60(40-50)59-35-34-56(44-63(59)72(61)65-42-53(38-39-69-65)68(4,5)6)73-55-25-16-24-54(43-55)70-45-71(62-37-31-51(41-64(62)70)46-18-10-7-11-19-46)66-57(48-20-12-8-13-21-48)26-17-27-58(66)49-22-14-9-15-23-49;/h7-42H,1-6H3;/q-2;/i7D,8D,9D,10D,11D,12D,13D,14D,15D,18D,19D,20D,21D,22D,23D;. The van der Waals surface area contributed by atoms with Crippen molar-refractivity contribution in [2.45, 2.75) is 52.4 Å². The van der Waals surface area contributed by atoms with E-state index in [1.807, 2.05) is 24.4 Å². The molecule has 0 N–H and O–H groups in total. The molecule has 0 aliphatic rings. The van der Waals surface area contributed by atoms with E-state index in [2.05, 4.69) is 113 Å². The molecule has 0 amide bonds. The van der Waals surface area contributed by atoms with Crippen LogP contribution in [0.1, 0.15) is 73.2 Å². The Hall–Kier alpha value is -8.11. The van der Waals surface area contributed by atoms with Crippen molar-refractivity contribution in [3.63, 3.8) is 0 Å². The summed E-state index contributed by atoms with van der Waals surface area (Å²) in [6.45, 7) is 13.0. The zero-order valence-electron chi connectivity index (χ0n) is 56.1. The average Bonchev–Trinajstić information content (AvgIpc) is 1.69. The first-order valence-corrected chi connectivity index (χ1v) is 23.8. The van der Waals surface area contributed by atoms with Gasteiger partial charge in [-0.2, -0.15) is 18.2 Å². The minimum atomic E-state index is -0.648. The Labute approximate surface area is 469 Å². The molecule has 364 valence electrons. The first-order chi connectivity index (χ1) is 41.7. The number of hydrogen-bond acceptors (Lipinski definition) is 2. The van der Waals surface area contributed by atoms with Crippen molar-refractivity contribution in [3.8, 4) is 73.2 Å². The van der Waals surface area contributed by atoms with Crippen molar-refractivity contribution in [2.24, 2.45) is 0 Å². The third-order valence-corrected chi connectivity index (χ3v) is 13.0. The molecule has 5 nitrogen and oxygen atoms in total. The normalized spacial score (nSPS) is 14.6. The first-order valence-electron chi connectivity index (χ1n) is 31.3. The minimum absolute atomic E-state index is 0. The van der Waals surface area contributed by atoms with Crippen LogP contribution in [-0.2, 0) is 31.9 Å². The number of imidazole rings is 1. The molecule has 3 heterocycles. The van der Waals surface area contributed by atoms with Crippen LogP contribution in [-0.4, -0.2) is 14.1 Å². The summed E-state index contributed by atoms with van der Waals surface area (Å²) in [6, 6.07) is 35.4. The Balaban J connectivity index is 0.00000817. The van der Waals surface area contributed by atoms with Gasteiger partial charge >= 0.3 is 0 Å². The fourth-order valence-electron chi connectivity index (χ4n) is 9.28. The van der Waals surface area contributed by atoms with Gasteiger partial charge in [-0.25, -0.2) is 4.98 Å². The molecule has 12 rings (SSSR count). The van der Waals surface area contributed by atoms with Crippen molar-refractivity contribution >= 4 is 32.8 Å². The van der Waals surface area contributed by atoms with Crippen LogP contribution in [0.4, 0.5) is 0 Å². The summed E-state index contributed by atoms with van der Waals surface area (Å²) in [5, 5.41) is 1.87.